The van der Waals surface area contributed by atoms with Crippen molar-refractivity contribution in [1.82, 2.24) is 9.55 Å². The van der Waals surface area contributed by atoms with Crippen molar-refractivity contribution < 1.29 is 19.0 Å². The maximum atomic E-state index is 13.3. The van der Waals surface area contributed by atoms with Crippen molar-refractivity contribution in [2.24, 2.45) is 0 Å². The number of thiophene rings is 1. The van der Waals surface area contributed by atoms with Crippen LogP contribution in [0.4, 0.5) is 0 Å². The van der Waals surface area contributed by atoms with E-state index < -0.39 is 5.97 Å². The number of nitrogens with zero attached hydrogens (tertiary/aromatic N) is 2. The van der Waals surface area contributed by atoms with E-state index in [9.17, 15) is 9.59 Å². The summed E-state index contributed by atoms with van der Waals surface area (Å²) < 4.78 is 18.4. The number of esters is 1. The van der Waals surface area contributed by atoms with Gasteiger partial charge in [0.15, 0.2) is 11.5 Å². The van der Waals surface area contributed by atoms with Gasteiger partial charge in [0, 0.05) is 22.2 Å². The predicted molar refractivity (Wildman–Crippen MR) is 151 cm³/mol. The lowest BCUT2D eigenvalue weighted by atomic mass is 10.1. The SMILES string of the molecule is CCOC(=O)c1sc2nc3n(c(=O)c2c1C)CC/C3=C\c1ccc(OCc2c(Cl)cccc2Cl)c(OC)c1. The minimum atomic E-state index is -0.431. The molecule has 196 valence electrons. The second-order valence-corrected chi connectivity index (χ2v) is 10.5. The standard InChI is InChI=1S/C28H24Cl2N2O5S/c1-4-36-28(34)24-15(2)23-26(38-24)31-25-17(10-11-32(25)27(23)33)12-16-8-9-21(22(13-16)35-3)37-14-18-19(29)6-5-7-20(18)30/h5-9,12-13H,4,10-11,14H2,1-3H3/b17-12+. The summed E-state index contributed by atoms with van der Waals surface area (Å²) in [6, 6.07) is 10.9. The molecule has 0 aliphatic carbocycles. The fourth-order valence-electron chi connectivity index (χ4n) is 4.46. The molecular formula is C28H24Cl2N2O5S. The third-order valence-corrected chi connectivity index (χ3v) is 8.24. The fraction of sp³-hybridized carbons (Fsp3) is 0.250. The van der Waals surface area contributed by atoms with E-state index in [0.717, 1.165) is 11.1 Å². The number of methoxy groups -OCH3 is 1. The number of hydrogen-bond acceptors (Lipinski definition) is 7. The van der Waals surface area contributed by atoms with E-state index in [0.29, 0.717) is 66.6 Å². The summed E-state index contributed by atoms with van der Waals surface area (Å²) in [6.45, 7) is 4.50. The lowest BCUT2D eigenvalue weighted by Gasteiger charge is -2.13. The minimum Gasteiger partial charge on any atom is -0.493 e. The summed E-state index contributed by atoms with van der Waals surface area (Å²) in [4.78, 5) is 31.4. The molecule has 0 fully saturated rings. The van der Waals surface area contributed by atoms with Crippen LogP contribution in [0.15, 0.2) is 41.2 Å². The smallest absolute Gasteiger partial charge is 0.348 e. The molecule has 0 N–H and O–H groups in total. The monoisotopic (exact) mass is 570 g/mol. The molecule has 38 heavy (non-hydrogen) atoms. The molecule has 7 nitrogen and oxygen atoms in total. The molecule has 1 aliphatic rings. The van der Waals surface area contributed by atoms with Crippen LogP contribution in [-0.2, 0) is 17.9 Å². The lowest BCUT2D eigenvalue weighted by Crippen LogP contribution is -2.20. The third-order valence-electron chi connectivity index (χ3n) is 6.37. The summed E-state index contributed by atoms with van der Waals surface area (Å²) in [5.74, 6) is 1.27. The van der Waals surface area contributed by atoms with Gasteiger partial charge in [-0.2, -0.15) is 0 Å². The molecule has 1 aliphatic heterocycles. The Kier molecular flexibility index (Phi) is 7.47. The fourth-order valence-corrected chi connectivity index (χ4v) is 6.03. The van der Waals surface area contributed by atoms with Crippen molar-refractivity contribution in [2.45, 2.75) is 33.4 Å². The Hall–Kier alpha value is -3.33. The van der Waals surface area contributed by atoms with Gasteiger partial charge in [-0.3, -0.25) is 9.36 Å². The van der Waals surface area contributed by atoms with Crippen LogP contribution < -0.4 is 15.0 Å². The molecular weight excluding hydrogens is 547 g/mol. The Labute approximate surface area is 233 Å². The van der Waals surface area contributed by atoms with Gasteiger partial charge in [-0.05, 0) is 67.3 Å². The van der Waals surface area contributed by atoms with Gasteiger partial charge in [-0.1, -0.05) is 35.3 Å². The van der Waals surface area contributed by atoms with E-state index in [4.69, 9.17) is 42.4 Å². The molecule has 0 atom stereocenters. The zero-order valence-corrected chi connectivity index (χ0v) is 23.3. The summed E-state index contributed by atoms with van der Waals surface area (Å²) in [5, 5.41) is 1.54. The molecule has 0 saturated heterocycles. The highest BCUT2D eigenvalue weighted by atomic mass is 35.5. The van der Waals surface area contributed by atoms with Crippen LogP contribution >= 0.6 is 34.5 Å². The molecule has 3 heterocycles. The van der Waals surface area contributed by atoms with Crippen molar-refractivity contribution in [3.8, 4) is 11.5 Å². The minimum absolute atomic E-state index is 0.141. The molecule has 0 radical (unpaired) electrons. The highest BCUT2D eigenvalue weighted by Crippen LogP contribution is 2.35. The van der Waals surface area contributed by atoms with E-state index in [1.165, 1.54) is 11.3 Å². The molecule has 0 unspecified atom stereocenters. The summed E-state index contributed by atoms with van der Waals surface area (Å²) >= 11 is 13.7. The topological polar surface area (TPSA) is 79.7 Å². The third kappa shape index (κ3) is 4.79. The summed E-state index contributed by atoms with van der Waals surface area (Å²) in [5.41, 5.74) is 2.97. The number of ether oxygens (including phenoxy) is 3. The maximum absolute atomic E-state index is 13.3. The van der Waals surface area contributed by atoms with E-state index in [2.05, 4.69) is 0 Å². The highest BCUT2D eigenvalue weighted by Gasteiger charge is 2.26. The van der Waals surface area contributed by atoms with Crippen LogP contribution in [0.1, 0.15) is 45.5 Å². The number of carbonyl (C=O) groups is 1. The second-order valence-electron chi connectivity index (χ2n) is 8.67. The average molecular weight is 571 g/mol. The normalized spacial score (nSPS) is 13.7. The first-order chi connectivity index (χ1) is 18.3. The zero-order valence-electron chi connectivity index (χ0n) is 21.0. The second kappa shape index (κ2) is 10.8. The first kappa shape index (κ1) is 26.3. The van der Waals surface area contributed by atoms with Crippen LogP contribution in [0, 0.1) is 6.92 Å². The van der Waals surface area contributed by atoms with Gasteiger partial charge in [-0.25, -0.2) is 9.78 Å². The number of carbonyl (C=O) groups excluding carboxylic acids is 1. The van der Waals surface area contributed by atoms with Gasteiger partial charge in [0.2, 0.25) is 0 Å². The van der Waals surface area contributed by atoms with Gasteiger partial charge in [-0.15, -0.1) is 11.3 Å². The number of benzene rings is 2. The average Bonchev–Trinajstić information content (AvgIpc) is 3.45. The van der Waals surface area contributed by atoms with Crippen LogP contribution in [0.5, 0.6) is 11.5 Å². The first-order valence-corrected chi connectivity index (χ1v) is 13.5. The van der Waals surface area contributed by atoms with E-state index in [-0.39, 0.29) is 18.8 Å². The highest BCUT2D eigenvalue weighted by molar-refractivity contribution is 7.20. The molecule has 2 aromatic heterocycles. The van der Waals surface area contributed by atoms with E-state index in [1.807, 2.05) is 24.3 Å². The first-order valence-electron chi connectivity index (χ1n) is 12.0. The molecule has 10 heteroatoms. The molecule has 0 spiro atoms. The van der Waals surface area contributed by atoms with Gasteiger partial charge in [0.1, 0.15) is 22.1 Å². The largest absolute Gasteiger partial charge is 0.493 e. The molecule has 5 rings (SSSR count). The lowest BCUT2D eigenvalue weighted by molar-refractivity contribution is 0.0531. The number of hydrogen-bond donors (Lipinski definition) is 0. The van der Waals surface area contributed by atoms with Crippen LogP contribution in [0.2, 0.25) is 10.0 Å². The Balaban J connectivity index is 1.46. The van der Waals surface area contributed by atoms with Crippen LogP contribution in [0.3, 0.4) is 0 Å². The van der Waals surface area contributed by atoms with E-state index >= 15 is 0 Å². The van der Waals surface area contributed by atoms with Gasteiger partial charge in [0.25, 0.3) is 5.56 Å². The Morgan fingerprint density at radius 1 is 1.18 bits per heavy atom. The predicted octanol–water partition coefficient (Wildman–Crippen LogP) is 6.78. The Morgan fingerprint density at radius 2 is 1.95 bits per heavy atom. The number of fused-ring (bicyclic) bond motifs is 2. The summed E-state index contributed by atoms with van der Waals surface area (Å²) in [7, 11) is 1.57. The van der Waals surface area contributed by atoms with Gasteiger partial charge >= 0.3 is 5.97 Å². The number of allylic oxidation sites excluding steroid dienone is 1. The Bertz CT molecular complexity index is 1640. The number of rotatable bonds is 7. The van der Waals surface area contributed by atoms with Crippen molar-refractivity contribution in [3.05, 3.63) is 84.2 Å². The van der Waals surface area contributed by atoms with Gasteiger partial charge in [0.05, 0.1) is 19.1 Å². The van der Waals surface area contributed by atoms with Crippen LogP contribution in [-0.4, -0.2) is 29.2 Å². The molecule has 0 saturated carbocycles. The summed E-state index contributed by atoms with van der Waals surface area (Å²) in [6.07, 6.45) is 2.65. The van der Waals surface area contributed by atoms with Crippen molar-refractivity contribution in [3.63, 3.8) is 0 Å². The Morgan fingerprint density at radius 3 is 2.66 bits per heavy atom. The quantitative estimate of drug-likeness (QED) is 0.228. The number of aryl methyl sites for hydroxylation is 1. The maximum Gasteiger partial charge on any atom is 0.348 e. The molecule has 0 bridgehead atoms. The zero-order chi connectivity index (χ0) is 27.0. The molecule has 0 amide bonds. The number of halogens is 2. The van der Waals surface area contributed by atoms with Crippen molar-refractivity contribution in [2.75, 3.05) is 13.7 Å². The van der Waals surface area contributed by atoms with Gasteiger partial charge < -0.3 is 14.2 Å². The van der Waals surface area contributed by atoms with Crippen molar-refractivity contribution in [1.29, 1.82) is 0 Å². The molecule has 4 aromatic rings. The van der Waals surface area contributed by atoms with Crippen LogP contribution in [0.25, 0.3) is 21.9 Å². The van der Waals surface area contributed by atoms with Crippen molar-refractivity contribution >= 4 is 62.4 Å². The molecule has 2 aromatic carbocycles. The van der Waals surface area contributed by atoms with E-state index in [1.54, 1.807) is 43.7 Å². The number of aromatic nitrogens is 2.